The first-order valence-corrected chi connectivity index (χ1v) is 11.1. The number of halogens is 2. The van der Waals surface area contributed by atoms with Crippen molar-refractivity contribution >= 4 is 5.91 Å². The van der Waals surface area contributed by atoms with Crippen LogP contribution >= 0.6 is 0 Å². The van der Waals surface area contributed by atoms with E-state index in [9.17, 15) is 18.7 Å². The largest absolute Gasteiger partial charge is 0.375 e. The van der Waals surface area contributed by atoms with Gasteiger partial charge in [0, 0.05) is 44.4 Å². The Morgan fingerprint density at radius 3 is 2.26 bits per heavy atom. The summed E-state index contributed by atoms with van der Waals surface area (Å²) in [5.74, 6) is -3.44. The van der Waals surface area contributed by atoms with Crippen LogP contribution in [0, 0.1) is 17.8 Å². The highest BCUT2D eigenvalue weighted by atomic mass is 19.3. The van der Waals surface area contributed by atoms with E-state index in [1.54, 1.807) is 30.3 Å². The molecular weight excluding hydrogens is 398 g/mol. The molecule has 5 rings (SSSR count). The van der Waals surface area contributed by atoms with Crippen LogP contribution in [0.1, 0.15) is 30.4 Å². The number of carbonyl (C=O) groups is 1. The van der Waals surface area contributed by atoms with Crippen LogP contribution in [0.5, 0.6) is 0 Å². The second-order valence-electron chi connectivity index (χ2n) is 9.43. The third-order valence-electron chi connectivity index (χ3n) is 7.37. The molecule has 2 aliphatic carbocycles. The van der Waals surface area contributed by atoms with Gasteiger partial charge in [-0.25, -0.2) is 8.78 Å². The zero-order valence-corrected chi connectivity index (χ0v) is 17.4. The van der Waals surface area contributed by atoms with Crippen molar-refractivity contribution in [2.45, 2.75) is 43.4 Å². The van der Waals surface area contributed by atoms with Crippen LogP contribution in [0.2, 0.25) is 0 Å². The molecule has 2 aromatic carbocycles. The van der Waals surface area contributed by atoms with Crippen molar-refractivity contribution in [1.82, 2.24) is 10.2 Å². The summed E-state index contributed by atoms with van der Waals surface area (Å²) in [4.78, 5) is 15.7. The molecule has 164 valence electrons. The first kappa shape index (κ1) is 20.6. The minimum atomic E-state index is -2.83. The normalized spacial score (nSPS) is 31.1. The van der Waals surface area contributed by atoms with Crippen molar-refractivity contribution in [3.8, 4) is 0 Å². The standard InChI is InChI=1S/C25H28F2N2O2/c26-24(27)12-11-19(13-24)25(31,18-9-5-2-6-10-18)23(30)28-22-20-15-29(16-21(20)22)14-17-7-3-1-4-8-17/h1-10,19-22,31H,11-16H2,(H,28,30)/t19?,20-,21+,22?,25?. The molecule has 2 aromatic rings. The molecule has 3 aliphatic rings. The van der Waals surface area contributed by atoms with Gasteiger partial charge in [-0.3, -0.25) is 9.69 Å². The Morgan fingerprint density at radius 2 is 1.68 bits per heavy atom. The Bertz CT molecular complexity index is 927. The maximum absolute atomic E-state index is 13.9. The highest BCUT2D eigenvalue weighted by Gasteiger charge is 2.59. The molecule has 3 unspecified atom stereocenters. The number of fused-ring (bicyclic) bond motifs is 1. The van der Waals surface area contributed by atoms with E-state index >= 15 is 0 Å². The van der Waals surface area contributed by atoms with Gasteiger partial charge >= 0.3 is 0 Å². The first-order valence-electron chi connectivity index (χ1n) is 11.1. The number of aliphatic hydroxyl groups is 1. The summed E-state index contributed by atoms with van der Waals surface area (Å²) in [5.41, 5.74) is -0.265. The van der Waals surface area contributed by atoms with Crippen LogP contribution in [0.3, 0.4) is 0 Å². The topological polar surface area (TPSA) is 52.6 Å². The van der Waals surface area contributed by atoms with E-state index in [2.05, 4.69) is 22.3 Å². The average Bonchev–Trinajstić information content (AvgIpc) is 3.07. The van der Waals surface area contributed by atoms with Crippen LogP contribution in [-0.2, 0) is 16.9 Å². The Balaban J connectivity index is 1.26. The van der Waals surface area contributed by atoms with E-state index in [4.69, 9.17) is 0 Å². The summed E-state index contributed by atoms with van der Waals surface area (Å²) in [6.07, 6.45) is -0.619. The minimum Gasteiger partial charge on any atom is -0.375 e. The number of hydrogen-bond acceptors (Lipinski definition) is 3. The maximum atomic E-state index is 13.9. The van der Waals surface area contributed by atoms with Crippen molar-refractivity contribution in [3.05, 3.63) is 71.8 Å². The number of alkyl halides is 2. The molecule has 6 heteroatoms. The highest BCUT2D eigenvalue weighted by Crippen LogP contribution is 2.49. The molecule has 1 heterocycles. The van der Waals surface area contributed by atoms with Crippen LogP contribution in [0.25, 0.3) is 0 Å². The summed E-state index contributed by atoms with van der Waals surface area (Å²) < 4.78 is 27.9. The maximum Gasteiger partial charge on any atom is 0.257 e. The molecule has 5 atom stereocenters. The van der Waals surface area contributed by atoms with Gasteiger partial charge in [0.05, 0.1) is 0 Å². The molecule has 3 fully saturated rings. The van der Waals surface area contributed by atoms with E-state index in [-0.39, 0.29) is 18.9 Å². The number of likely N-dealkylation sites (tertiary alicyclic amines) is 1. The first-order chi connectivity index (χ1) is 14.9. The molecule has 0 bridgehead atoms. The number of carbonyl (C=O) groups excluding carboxylic acids is 1. The molecule has 4 nitrogen and oxygen atoms in total. The molecule has 1 amide bonds. The predicted octanol–water partition coefficient (Wildman–Crippen LogP) is 3.56. The van der Waals surface area contributed by atoms with E-state index in [1.165, 1.54) is 5.56 Å². The van der Waals surface area contributed by atoms with Crippen LogP contribution in [0.4, 0.5) is 8.78 Å². The van der Waals surface area contributed by atoms with Gasteiger partial charge in [0.2, 0.25) is 5.92 Å². The van der Waals surface area contributed by atoms with Crippen molar-refractivity contribution < 1.29 is 18.7 Å². The third kappa shape index (κ3) is 3.87. The Labute approximate surface area is 181 Å². The van der Waals surface area contributed by atoms with Gasteiger partial charge < -0.3 is 10.4 Å². The molecule has 0 radical (unpaired) electrons. The van der Waals surface area contributed by atoms with Crippen molar-refractivity contribution in [3.63, 3.8) is 0 Å². The molecule has 0 spiro atoms. The van der Waals surface area contributed by atoms with Gasteiger partial charge in [0.25, 0.3) is 5.91 Å². The Kier molecular flexibility index (Phi) is 5.10. The summed E-state index contributed by atoms with van der Waals surface area (Å²) in [5, 5.41) is 14.5. The molecule has 0 aromatic heterocycles. The van der Waals surface area contributed by atoms with Gasteiger partial charge in [0.1, 0.15) is 0 Å². The van der Waals surface area contributed by atoms with Crippen LogP contribution in [-0.4, -0.2) is 41.0 Å². The van der Waals surface area contributed by atoms with E-state index in [0.717, 1.165) is 19.6 Å². The van der Waals surface area contributed by atoms with Gasteiger partial charge in [-0.2, -0.15) is 0 Å². The average molecular weight is 427 g/mol. The minimum absolute atomic E-state index is 0.0108. The van der Waals surface area contributed by atoms with Crippen molar-refractivity contribution in [1.29, 1.82) is 0 Å². The van der Waals surface area contributed by atoms with Gasteiger partial charge in [-0.05, 0) is 29.4 Å². The number of nitrogens with zero attached hydrogens (tertiary/aromatic N) is 1. The number of nitrogens with one attached hydrogen (secondary N) is 1. The van der Waals surface area contributed by atoms with Gasteiger partial charge in [0.15, 0.2) is 5.60 Å². The molecule has 2 N–H and O–H groups in total. The van der Waals surface area contributed by atoms with E-state index in [1.807, 2.05) is 18.2 Å². The second-order valence-corrected chi connectivity index (χ2v) is 9.43. The molecule has 1 saturated heterocycles. The van der Waals surface area contributed by atoms with Crippen molar-refractivity contribution in [2.75, 3.05) is 13.1 Å². The predicted molar refractivity (Wildman–Crippen MR) is 113 cm³/mol. The molecular formula is C25H28F2N2O2. The fourth-order valence-corrected chi connectivity index (χ4v) is 5.61. The quantitative estimate of drug-likeness (QED) is 0.743. The lowest BCUT2D eigenvalue weighted by atomic mass is 9.79. The monoisotopic (exact) mass is 426 g/mol. The molecule has 31 heavy (non-hydrogen) atoms. The number of amides is 1. The number of piperidine rings is 1. The summed E-state index contributed by atoms with van der Waals surface area (Å²) in [7, 11) is 0. The van der Waals surface area contributed by atoms with E-state index < -0.39 is 29.8 Å². The Morgan fingerprint density at radius 1 is 1.06 bits per heavy atom. The zero-order valence-electron chi connectivity index (χ0n) is 17.4. The summed E-state index contributed by atoms with van der Waals surface area (Å²) in [6, 6.07) is 18.9. The second kappa shape index (κ2) is 7.68. The van der Waals surface area contributed by atoms with Gasteiger partial charge in [-0.15, -0.1) is 0 Å². The highest BCUT2D eigenvalue weighted by molar-refractivity contribution is 5.87. The molecule has 1 aliphatic heterocycles. The fourth-order valence-electron chi connectivity index (χ4n) is 5.61. The number of hydrogen-bond donors (Lipinski definition) is 2. The van der Waals surface area contributed by atoms with Crippen LogP contribution < -0.4 is 5.32 Å². The third-order valence-corrected chi connectivity index (χ3v) is 7.37. The SMILES string of the molecule is O=C(NC1[C@H]2CN(Cc3ccccc3)C[C@@H]12)C(O)(c1ccccc1)C1CCC(F)(F)C1. The van der Waals surface area contributed by atoms with Crippen LogP contribution in [0.15, 0.2) is 60.7 Å². The zero-order chi connectivity index (χ0) is 21.6. The summed E-state index contributed by atoms with van der Waals surface area (Å²) >= 11 is 0. The Hall–Kier alpha value is -2.31. The fraction of sp³-hybridized carbons (Fsp3) is 0.480. The van der Waals surface area contributed by atoms with Crippen molar-refractivity contribution in [2.24, 2.45) is 17.8 Å². The van der Waals surface area contributed by atoms with Gasteiger partial charge in [-0.1, -0.05) is 60.7 Å². The lowest BCUT2D eigenvalue weighted by molar-refractivity contribution is -0.149. The lowest BCUT2D eigenvalue weighted by Gasteiger charge is -2.33. The smallest absolute Gasteiger partial charge is 0.257 e. The molecule has 2 saturated carbocycles. The summed E-state index contributed by atoms with van der Waals surface area (Å²) in [6.45, 7) is 2.69. The number of rotatable bonds is 6. The lowest BCUT2D eigenvalue weighted by Crippen LogP contribution is -2.51. The van der Waals surface area contributed by atoms with E-state index in [0.29, 0.717) is 17.4 Å². The number of benzene rings is 2.